The molecule has 0 bridgehead atoms. The van der Waals surface area contributed by atoms with Crippen LogP contribution in [0.1, 0.15) is 17.3 Å². The average Bonchev–Trinajstić information content (AvgIpc) is 2.43. The van der Waals surface area contributed by atoms with Crippen LogP contribution in [0.15, 0.2) is 24.5 Å². The smallest absolute Gasteiger partial charge is 0.216 e. The fourth-order valence-electron chi connectivity index (χ4n) is 1.76. The Morgan fingerprint density at radius 3 is 2.70 bits per heavy atom. The lowest BCUT2D eigenvalue weighted by Gasteiger charge is -2.13. The van der Waals surface area contributed by atoms with E-state index in [1.54, 1.807) is 6.07 Å². The largest absolute Gasteiger partial charge is 0.481 e. The molecule has 2 rings (SSSR count). The summed E-state index contributed by atoms with van der Waals surface area (Å²) in [6.45, 7) is 0. The van der Waals surface area contributed by atoms with Gasteiger partial charge in [-0.05, 0) is 12.1 Å². The van der Waals surface area contributed by atoms with Crippen LogP contribution in [0.25, 0.3) is 0 Å². The van der Waals surface area contributed by atoms with E-state index in [0.717, 1.165) is 12.1 Å². The number of hydrogen-bond donors (Lipinski definition) is 1. The minimum Gasteiger partial charge on any atom is -0.481 e. The summed E-state index contributed by atoms with van der Waals surface area (Å²) in [5.41, 5.74) is 6.50. The van der Waals surface area contributed by atoms with Crippen LogP contribution in [-0.2, 0) is 6.42 Å². The van der Waals surface area contributed by atoms with Crippen molar-refractivity contribution in [2.24, 2.45) is 5.73 Å². The van der Waals surface area contributed by atoms with Crippen molar-refractivity contribution in [3.63, 3.8) is 0 Å². The number of halogens is 3. The number of aromatic nitrogens is 2. The summed E-state index contributed by atoms with van der Waals surface area (Å²) in [5, 5.41) is -0.276. The lowest BCUT2D eigenvalue weighted by atomic mass is 10.0. The van der Waals surface area contributed by atoms with Crippen LogP contribution in [0.4, 0.5) is 8.78 Å². The van der Waals surface area contributed by atoms with Gasteiger partial charge in [0.15, 0.2) is 0 Å². The molecule has 0 aliphatic rings. The van der Waals surface area contributed by atoms with Gasteiger partial charge in [-0.15, -0.1) is 0 Å². The van der Waals surface area contributed by atoms with Crippen molar-refractivity contribution in [3.8, 4) is 5.88 Å². The van der Waals surface area contributed by atoms with Gasteiger partial charge in [0.1, 0.15) is 18.0 Å². The Morgan fingerprint density at radius 1 is 1.25 bits per heavy atom. The van der Waals surface area contributed by atoms with Gasteiger partial charge in [-0.3, -0.25) is 0 Å². The Hall–Kier alpha value is -1.79. The number of hydrogen-bond acceptors (Lipinski definition) is 4. The highest BCUT2D eigenvalue weighted by Gasteiger charge is 2.16. The van der Waals surface area contributed by atoms with E-state index in [-0.39, 0.29) is 17.0 Å². The SMILES string of the molecule is COc1cc(CC(N)c2cc(F)c(Cl)cc2F)ncn1. The summed E-state index contributed by atoms with van der Waals surface area (Å²) >= 11 is 5.50. The van der Waals surface area contributed by atoms with E-state index in [4.69, 9.17) is 22.1 Å². The number of ether oxygens (including phenoxy) is 1. The summed E-state index contributed by atoms with van der Waals surface area (Å²) in [7, 11) is 1.47. The fraction of sp³-hybridized carbons (Fsp3) is 0.231. The molecule has 0 saturated heterocycles. The number of nitrogens with two attached hydrogens (primary N) is 1. The van der Waals surface area contributed by atoms with Crippen LogP contribution in [0.5, 0.6) is 5.88 Å². The predicted octanol–water partition coefficient (Wildman–Crippen LogP) is 2.66. The molecule has 7 heteroatoms. The lowest BCUT2D eigenvalue weighted by Crippen LogP contribution is -2.16. The summed E-state index contributed by atoms with van der Waals surface area (Å²) in [6, 6.07) is 2.75. The van der Waals surface area contributed by atoms with E-state index >= 15 is 0 Å². The molecule has 0 saturated carbocycles. The van der Waals surface area contributed by atoms with Crippen molar-refractivity contribution in [2.45, 2.75) is 12.5 Å². The number of methoxy groups -OCH3 is 1. The molecule has 0 aliphatic heterocycles. The van der Waals surface area contributed by atoms with E-state index in [1.807, 2.05) is 0 Å². The zero-order valence-electron chi connectivity index (χ0n) is 10.6. The highest BCUT2D eigenvalue weighted by molar-refractivity contribution is 6.30. The first-order valence-electron chi connectivity index (χ1n) is 5.76. The Labute approximate surface area is 119 Å². The maximum atomic E-state index is 13.7. The minimum absolute atomic E-state index is 0.0458. The van der Waals surface area contributed by atoms with Gasteiger partial charge < -0.3 is 10.5 Å². The summed E-state index contributed by atoms with van der Waals surface area (Å²) < 4.78 is 32.1. The van der Waals surface area contributed by atoms with E-state index in [1.165, 1.54) is 13.4 Å². The second-order valence-corrected chi connectivity index (χ2v) is 4.56. The predicted molar refractivity (Wildman–Crippen MR) is 70.6 cm³/mol. The average molecular weight is 300 g/mol. The molecule has 1 aromatic heterocycles. The van der Waals surface area contributed by atoms with E-state index in [9.17, 15) is 8.78 Å². The van der Waals surface area contributed by atoms with Gasteiger partial charge in [0.05, 0.1) is 12.1 Å². The molecule has 1 unspecified atom stereocenters. The molecular formula is C13H12ClF2N3O. The maximum Gasteiger partial charge on any atom is 0.216 e. The molecule has 4 nitrogen and oxygen atoms in total. The Morgan fingerprint density at radius 2 is 2.00 bits per heavy atom. The molecule has 0 spiro atoms. The van der Waals surface area contributed by atoms with Gasteiger partial charge in [-0.25, -0.2) is 18.7 Å². The van der Waals surface area contributed by atoms with Gasteiger partial charge in [0, 0.05) is 29.8 Å². The van der Waals surface area contributed by atoms with Crippen molar-refractivity contribution in [2.75, 3.05) is 7.11 Å². The quantitative estimate of drug-likeness (QED) is 0.882. The van der Waals surface area contributed by atoms with Gasteiger partial charge in [0.25, 0.3) is 0 Å². The second-order valence-electron chi connectivity index (χ2n) is 4.15. The molecule has 20 heavy (non-hydrogen) atoms. The fourth-order valence-corrected chi connectivity index (χ4v) is 1.91. The van der Waals surface area contributed by atoms with E-state index in [2.05, 4.69) is 9.97 Å². The van der Waals surface area contributed by atoms with E-state index in [0.29, 0.717) is 11.6 Å². The number of nitrogens with zero attached hydrogens (tertiary/aromatic N) is 2. The third-order valence-corrected chi connectivity index (χ3v) is 3.07. The first-order valence-corrected chi connectivity index (χ1v) is 6.14. The molecule has 0 amide bonds. The molecule has 0 fully saturated rings. The highest BCUT2D eigenvalue weighted by Crippen LogP contribution is 2.24. The second kappa shape index (κ2) is 6.11. The molecule has 0 aliphatic carbocycles. The van der Waals surface area contributed by atoms with Crippen LogP contribution in [0, 0.1) is 11.6 Å². The van der Waals surface area contributed by atoms with Gasteiger partial charge in [0.2, 0.25) is 5.88 Å². The zero-order chi connectivity index (χ0) is 14.7. The molecule has 2 N–H and O–H groups in total. The van der Waals surface area contributed by atoms with Crippen molar-refractivity contribution in [1.82, 2.24) is 9.97 Å². The monoisotopic (exact) mass is 299 g/mol. The molecule has 1 heterocycles. The third-order valence-electron chi connectivity index (χ3n) is 2.78. The molecule has 0 radical (unpaired) electrons. The van der Waals surface area contributed by atoms with Crippen LogP contribution >= 0.6 is 11.6 Å². The zero-order valence-corrected chi connectivity index (χ0v) is 11.4. The van der Waals surface area contributed by atoms with E-state index < -0.39 is 17.7 Å². The minimum atomic E-state index is -0.749. The van der Waals surface area contributed by atoms with Crippen molar-refractivity contribution >= 4 is 11.6 Å². The Kier molecular flexibility index (Phi) is 4.46. The topological polar surface area (TPSA) is 61.0 Å². The summed E-state index contributed by atoms with van der Waals surface area (Å²) in [4.78, 5) is 7.86. The first-order chi connectivity index (χ1) is 9.51. The number of rotatable bonds is 4. The van der Waals surface area contributed by atoms with Crippen LogP contribution < -0.4 is 10.5 Å². The molecular weight excluding hydrogens is 288 g/mol. The van der Waals surface area contributed by atoms with Crippen molar-refractivity contribution in [1.29, 1.82) is 0 Å². The summed E-state index contributed by atoms with van der Waals surface area (Å²) in [5.74, 6) is -0.978. The Balaban J connectivity index is 2.23. The van der Waals surface area contributed by atoms with Crippen molar-refractivity contribution in [3.05, 3.63) is 52.4 Å². The molecule has 106 valence electrons. The first kappa shape index (κ1) is 14.6. The van der Waals surface area contributed by atoms with Gasteiger partial charge >= 0.3 is 0 Å². The Bertz CT molecular complexity index is 625. The summed E-state index contributed by atoms with van der Waals surface area (Å²) in [6.07, 6.45) is 1.54. The molecule has 2 aromatic rings. The lowest BCUT2D eigenvalue weighted by molar-refractivity contribution is 0.395. The third kappa shape index (κ3) is 3.20. The van der Waals surface area contributed by atoms with Gasteiger partial charge in [-0.1, -0.05) is 11.6 Å². The van der Waals surface area contributed by atoms with Crippen LogP contribution in [-0.4, -0.2) is 17.1 Å². The van der Waals surface area contributed by atoms with Crippen LogP contribution in [0.3, 0.4) is 0 Å². The molecule has 1 aromatic carbocycles. The molecule has 1 atom stereocenters. The van der Waals surface area contributed by atoms with Crippen molar-refractivity contribution < 1.29 is 13.5 Å². The normalized spacial score (nSPS) is 12.2. The van der Waals surface area contributed by atoms with Gasteiger partial charge in [-0.2, -0.15) is 0 Å². The maximum absolute atomic E-state index is 13.7. The number of benzene rings is 1. The standard InChI is InChI=1S/C13H12ClF2N3O/c1-20-13-3-7(18-6-19-13)2-12(17)8-4-11(16)9(14)5-10(8)15/h3-6,12H,2,17H2,1H3. The van der Waals surface area contributed by atoms with Crippen LogP contribution in [0.2, 0.25) is 5.02 Å². The highest BCUT2D eigenvalue weighted by atomic mass is 35.5.